The van der Waals surface area contributed by atoms with Crippen LogP contribution in [-0.2, 0) is 22.4 Å². The molecule has 27 heavy (non-hydrogen) atoms. The van der Waals surface area contributed by atoms with Gasteiger partial charge in [-0.25, -0.2) is 0 Å². The lowest BCUT2D eigenvalue weighted by molar-refractivity contribution is -0.137. The summed E-state index contributed by atoms with van der Waals surface area (Å²) in [4.78, 5) is 35.2. The van der Waals surface area contributed by atoms with E-state index < -0.39 is 18.4 Å². The molecule has 0 radical (unpaired) electrons. The van der Waals surface area contributed by atoms with Crippen molar-refractivity contribution in [1.29, 1.82) is 0 Å². The third-order valence-electron chi connectivity index (χ3n) is 4.12. The molecular weight excluding hydrogens is 352 g/mol. The minimum absolute atomic E-state index is 0.139. The van der Waals surface area contributed by atoms with Crippen LogP contribution < -0.4 is 10.2 Å². The Morgan fingerprint density at radius 1 is 1.04 bits per heavy atom. The van der Waals surface area contributed by atoms with E-state index in [0.29, 0.717) is 16.9 Å². The summed E-state index contributed by atoms with van der Waals surface area (Å²) in [6.07, 6.45) is 0.578. The average molecular weight is 368 g/mol. The maximum Gasteiger partial charge on any atom is 0.307 e. The van der Waals surface area contributed by atoms with Gasteiger partial charge in [-0.1, -0.05) is 18.2 Å². The SMILES string of the molecule is COc1ccc(-c2coc3cc(CC(=O)O)cc(CC(=O)O)c3c2=O)cc1. The maximum absolute atomic E-state index is 13.0. The average Bonchev–Trinajstić information content (AvgIpc) is 2.61. The first kappa shape index (κ1) is 18.2. The Kier molecular flexibility index (Phi) is 4.94. The van der Waals surface area contributed by atoms with Gasteiger partial charge in [0.1, 0.15) is 17.6 Å². The monoisotopic (exact) mass is 368 g/mol. The largest absolute Gasteiger partial charge is 0.497 e. The van der Waals surface area contributed by atoms with Crippen LogP contribution in [0, 0.1) is 0 Å². The second kappa shape index (κ2) is 7.33. The quantitative estimate of drug-likeness (QED) is 0.687. The molecule has 7 heteroatoms. The topological polar surface area (TPSA) is 114 Å². The van der Waals surface area contributed by atoms with Gasteiger partial charge in [0.2, 0.25) is 5.43 Å². The molecule has 0 bridgehead atoms. The number of aliphatic carboxylic acids is 2. The summed E-state index contributed by atoms with van der Waals surface area (Å²) in [5.41, 5.74) is 1.25. The van der Waals surface area contributed by atoms with Crippen molar-refractivity contribution in [3.05, 3.63) is 64.0 Å². The second-order valence-electron chi connectivity index (χ2n) is 5.98. The summed E-state index contributed by atoms with van der Waals surface area (Å²) in [6, 6.07) is 9.69. The molecule has 7 nitrogen and oxygen atoms in total. The van der Waals surface area contributed by atoms with Crippen molar-refractivity contribution < 1.29 is 29.0 Å². The van der Waals surface area contributed by atoms with E-state index in [9.17, 15) is 19.5 Å². The van der Waals surface area contributed by atoms with Gasteiger partial charge in [0, 0.05) is 0 Å². The Hall–Kier alpha value is -3.61. The third-order valence-corrected chi connectivity index (χ3v) is 4.12. The van der Waals surface area contributed by atoms with E-state index in [-0.39, 0.29) is 33.9 Å². The number of carboxylic acid groups (broad SMARTS) is 2. The van der Waals surface area contributed by atoms with Crippen molar-refractivity contribution in [2.24, 2.45) is 0 Å². The van der Waals surface area contributed by atoms with Crippen LogP contribution in [-0.4, -0.2) is 29.3 Å². The summed E-state index contributed by atoms with van der Waals surface area (Å²) < 4.78 is 10.7. The molecule has 0 aliphatic carbocycles. The van der Waals surface area contributed by atoms with Gasteiger partial charge in [0.25, 0.3) is 0 Å². The molecule has 0 spiro atoms. The number of methoxy groups -OCH3 is 1. The third kappa shape index (κ3) is 3.82. The van der Waals surface area contributed by atoms with Gasteiger partial charge in [0.05, 0.1) is 30.9 Å². The lowest BCUT2D eigenvalue weighted by atomic mass is 9.98. The zero-order chi connectivity index (χ0) is 19.6. The summed E-state index contributed by atoms with van der Waals surface area (Å²) in [6.45, 7) is 0. The number of rotatable bonds is 6. The summed E-state index contributed by atoms with van der Waals surface area (Å²) in [5.74, 6) is -1.56. The zero-order valence-corrected chi connectivity index (χ0v) is 14.4. The highest BCUT2D eigenvalue weighted by Gasteiger charge is 2.17. The van der Waals surface area contributed by atoms with Crippen molar-refractivity contribution in [3.8, 4) is 16.9 Å². The van der Waals surface area contributed by atoms with E-state index in [1.54, 1.807) is 24.3 Å². The van der Waals surface area contributed by atoms with Gasteiger partial charge in [-0.05, 0) is 34.9 Å². The van der Waals surface area contributed by atoms with E-state index in [0.717, 1.165) is 0 Å². The van der Waals surface area contributed by atoms with Crippen LogP contribution >= 0.6 is 0 Å². The number of ether oxygens (including phenoxy) is 1. The molecule has 0 saturated heterocycles. The summed E-state index contributed by atoms with van der Waals surface area (Å²) in [5, 5.41) is 18.3. The van der Waals surface area contributed by atoms with E-state index in [1.165, 1.54) is 25.5 Å². The molecule has 138 valence electrons. The number of carboxylic acids is 2. The number of benzene rings is 2. The van der Waals surface area contributed by atoms with Gasteiger partial charge in [-0.3, -0.25) is 14.4 Å². The summed E-state index contributed by atoms with van der Waals surface area (Å²) >= 11 is 0. The first-order chi connectivity index (χ1) is 12.9. The summed E-state index contributed by atoms with van der Waals surface area (Å²) in [7, 11) is 1.53. The van der Waals surface area contributed by atoms with E-state index >= 15 is 0 Å². The first-order valence-electron chi connectivity index (χ1n) is 8.04. The van der Waals surface area contributed by atoms with Crippen LogP contribution in [0.1, 0.15) is 11.1 Å². The number of hydrogen-bond donors (Lipinski definition) is 2. The fourth-order valence-corrected chi connectivity index (χ4v) is 2.95. The van der Waals surface area contributed by atoms with Crippen molar-refractivity contribution in [2.45, 2.75) is 12.8 Å². The number of carbonyl (C=O) groups is 2. The Balaban J connectivity index is 2.21. The molecule has 0 aliphatic heterocycles. The maximum atomic E-state index is 13.0. The van der Waals surface area contributed by atoms with Gasteiger partial charge in [-0.15, -0.1) is 0 Å². The Morgan fingerprint density at radius 3 is 2.30 bits per heavy atom. The minimum atomic E-state index is -1.13. The van der Waals surface area contributed by atoms with Crippen LogP contribution in [0.4, 0.5) is 0 Å². The van der Waals surface area contributed by atoms with Crippen molar-refractivity contribution in [1.82, 2.24) is 0 Å². The highest BCUT2D eigenvalue weighted by molar-refractivity contribution is 5.89. The van der Waals surface area contributed by atoms with Crippen LogP contribution in [0.5, 0.6) is 5.75 Å². The van der Waals surface area contributed by atoms with Crippen molar-refractivity contribution >= 4 is 22.9 Å². The normalized spacial score (nSPS) is 10.7. The van der Waals surface area contributed by atoms with E-state index in [4.69, 9.17) is 14.3 Å². The Morgan fingerprint density at radius 2 is 1.70 bits per heavy atom. The van der Waals surface area contributed by atoms with E-state index in [1.807, 2.05) is 0 Å². The predicted octanol–water partition coefficient (Wildman–Crippen LogP) is 2.72. The molecule has 3 rings (SSSR count). The molecule has 0 amide bonds. The van der Waals surface area contributed by atoms with Crippen molar-refractivity contribution in [3.63, 3.8) is 0 Å². The molecule has 2 aromatic carbocycles. The molecule has 1 aromatic heterocycles. The molecule has 1 heterocycles. The van der Waals surface area contributed by atoms with E-state index in [2.05, 4.69) is 0 Å². The molecule has 2 N–H and O–H groups in total. The Bertz CT molecular complexity index is 1080. The molecule has 3 aromatic rings. The molecule has 0 fully saturated rings. The van der Waals surface area contributed by atoms with Gasteiger partial charge < -0.3 is 19.4 Å². The van der Waals surface area contributed by atoms with Crippen LogP contribution in [0.3, 0.4) is 0 Å². The predicted molar refractivity (Wildman–Crippen MR) is 97.2 cm³/mol. The highest BCUT2D eigenvalue weighted by atomic mass is 16.5. The lowest BCUT2D eigenvalue weighted by Crippen LogP contribution is -2.11. The molecule has 0 saturated carbocycles. The first-order valence-corrected chi connectivity index (χ1v) is 8.04. The second-order valence-corrected chi connectivity index (χ2v) is 5.98. The lowest BCUT2D eigenvalue weighted by Gasteiger charge is -2.09. The number of fused-ring (bicyclic) bond motifs is 1. The number of hydrogen-bond acceptors (Lipinski definition) is 5. The molecule has 0 atom stereocenters. The highest BCUT2D eigenvalue weighted by Crippen LogP contribution is 2.25. The molecule has 0 aliphatic rings. The van der Waals surface area contributed by atoms with Crippen LogP contribution in [0.25, 0.3) is 22.1 Å². The minimum Gasteiger partial charge on any atom is -0.497 e. The van der Waals surface area contributed by atoms with Gasteiger partial charge >= 0.3 is 11.9 Å². The molecule has 0 unspecified atom stereocenters. The van der Waals surface area contributed by atoms with Gasteiger partial charge in [0.15, 0.2) is 0 Å². The van der Waals surface area contributed by atoms with Crippen LogP contribution in [0.2, 0.25) is 0 Å². The smallest absolute Gasteiger partial charge is 0.307 e. The molecular formula is C20H16O7. The van der Waals surface area contributed by atoms with Crippen molar-refractivity contribution in [2.75, 3.05) is 7.11 Å². The van der Waals surface area contributed by atoms with Gasteiger partial charge in [-0.2, -0.15) is 0 Å². The fraction of sp³-hybridized carbons (Fsp3) is 0.150. The zero-order valence-electron chi connectivity index (χ0n) is 14.4. The van der Waals surface area contributed by atoms with Crippen LogP contribution in [0.15, 0.2) is 51.9 Å². The standard InChI is InChI=1S/C20H16O7/c1-26-14-4-2-12(3-5-14)15-10-27-16-7-11(8-17(21)22)6-13(9-18(23)24)19(16)20(15)25/h2-7,10H,8-9H2,1H3,(H,21,22)(H,23,24). The fourth-order valence-electron chi connectivity index (χ4n) is 2.95. The Labute approximate surface area is 153 Å².